The van der Waals surface area contributed by atoms with E-state index in [0.29, 0.717) is 41.6 Å². The molecule has 4 heterocycles. The first-order chi connectivity index (χ1) is 21.7. The highest BCUT2D eigenvalue weighted by Gasteiger charge is 2.20. The lowest BCUT2D eigenvalue weighted by Gasteiger charge is -2.27. The van der Waals surface area contributed by atoms with Crippen LogP contribution >= 0.6 is 0 Å². The van der Waals surface area contributed by atoms with E-state index in [1.54, 1.807) is 24.5 Å². The normalized spacial score (nSPS) is 14.6. The lowest BCUT2D eigenvalue weighted by Crippen LogP contribution is -2.37. The van der Waals surface area contributed by atoms with E-state index in [0.717, 1.165) is 41.1 Å². The maximum absolute atomic E-state index is 13.3. The molecule has 1 aliphatic rings. The summed E-state index contributed by atoms with van der Waals surface area (Å²) in [5.41, 5.74) is 5.64. The fourth-order valence-electron chi connectivity index (χ4n) is 5.17. The lowest BCUT2D eigenvalue weighted by molar-refractivity contribution is 0.0937. The van der Waals surface area contributed by atoms with Crippen molar-refractivity contribution < 1.29 is 14.3 Å². The number of allylic oxidation sites excluding steroid dienone is 3. The molecular formula is C35H39N7O3. The largest absolute Gasteiger partial charge is 0.378 e. The molecular weight excluding hydrogens is 566 g/mol. The Hall–Kier alpha value is -5.22. The molecule has 0 bridgehead atoms. The van der Waals surface area contributed by atoms with Crippen molar-refractivity contribution in [1.29, 1.82) is 0 Å². The van der Waals surface area contributed by atoms with E-state index in [-0.39, 0.29) is 17.9 Å². The summed E-state index contributed by atoms with van der Waals surface area (Å²) in [6.45, 7) is 14.5. The summed E-state index contributed by atoms with van der Waals surface area (Å²) in [4.78, 5) is 37.7. The molecule has 0 spiro atoms. The zero-order valence-corrected chi connectivity index (χ0v) is 26.1. The standard InChI is InChI=1S/C35H39N7O3/c1-6-28(39-34(43)27-12-13-36-31(20-27)41-16-18-45-19-17-41)21-30(23(2)3)40-33-32-24(4)29(22-42(32)15-14-37-33)35(44)38-25(5)26-10-8-7-9-11-26/h6-15,20-22,25H,2,16-19H2,1,3-5H3,(H,37,40)(H,38,44)(H,39,43)/b28-6+,30-21+/t25-/m0/s1. The van der Waals surface area contributed by atoms with Crippen molar-refractivity contribution in [2.24, 2.45) is 0 Å². The quantitative estimate of drug-likeness (QED) is 0.203. The van der Waals surface area contributed by atoms with Crippen LogP contribution in [0.1, 0.15) is 58.7 Å². The number of hydrogen-bond acceptors (Lipinski definition) is 7. The molecule has 2 amide bonds. The Bertz CT molecular complexity index is 1770. The minimum absolute atomic E-state index is 0.151. The second-order valence-electron chi connectivity index (χ2n) is 11.0. The van der Waals surface area contributed by atoms with Gasteiger partial charge in [0.2, 0.25) is 0 Å². The van der Waals surface area contributed by atoms with Crippen LogP contribution in [0.15, 0.2) is 103 Å². The monoisotopic (exact) mass is 605 g/mol. The number of aryl methyl sites for hydroxylation is 1. The van der Waals surface area contributed by atoms with E-state index in [2.05, 4.69) is 37.4 Å². The van der Waals surface area contributed by atoms with Crippen molar-refractivity contribution in [2.45, 2.75) is 33.7 Å². The van der Waals surface area contributed by atoms with E-state index in [9.17, 15) is 9.59 Å². The Morgan fingerprint density at radius 1 is 1.07 bits per heavy atom. The van der Waals surface area contributed by atoms with Crippen LogP contribution in [-0.4, -0.2) is 52.5 Å². The number of morpholine rings is 1. The van der Waals surface area contributed by atoms with Gasteiger partial charge in [0.15, 0.2) is 5.82 Å². The Morgan fingerprint density at radius 2 is 1.82 bits per heavy atom. The number of hydrogen-bond donors (Lipinski definition) is 3. The molecule has 1 fully saturated rings. The second-order valence-corrected chi connectivity index (χ2v) is 11.0. The minimum Gasteiger partial charge on any atom is -0.378 e. The van der Waals surface area contributed by atoms with Gasteiger partial charge in [-0.2, -0.15) is 0 Å². The van der Waals surface area contributed by atoms with Gasteiger partial charge in [-0.3, -0.25) is 9.59 Å². The molecule has 10 nitrogen and oxygen atoms in total. The first-order valence-electron chi connectivity index (χ1n) is 15.0. The SMILES string of the molecule is C=C(C)/C(=C\C(=C/C)NC(=O)c1ccnc(N2CCOCC2)c1)Nc1nccn2cc(C(=O)N[C@@H](C)c3ccccc3)c(C)c12. The summed E-state index contributed by atoms with van der Waals surface area (Å²) in [5, 5.41) is 9.49. The number of carbonyl (C=O) groups excluding carboxylic acids is 2. The highest BCUT2D eigenvalue weighted by atomic mass is 16.5. The fourth-order valence-corrected chi connectivity index (χ4v) is 5.17. The third kappa shape index (κ3) is 7.30. The van der Waals surface area contributed by atoms with Crippen molar-refractivity contribution >= 4 is 29.0 Å². The number of pyridine rings is 1. The Balaban J connectivity index is 1.35. The molecule has 10 heteroatoms. The van der Waals surface area contributed by atoms with Crippen LogP contribution in [0.4, 0.5) is 11.6 Å². The van der Waals surface area contributed by atoms with Crippen LogP contribution in [-0.2, 0) is 4.74 Å². The molecule has 1 aliphatic heterocycles. The smallest absolute Gasteiger partial charge is 0.255 e. The maximum Gasteiger partial charge on any atom is 0.255 e. The Morgan fingerprint density at radius 3 is 2.53 bits per heavy atom. The molecule has 5 rings (SSSR count). The number of nitrogens with one attached hydrogen (secondary N) is 3. The topological polar surface area (TPSA) is 113 Å². The average molecular weight is 606 g/mol. The lowest BCUT2D eigenvalue weighted by atomic mass is 10.1. The zero-order chi connectivity index (χ0) is 31.9. The van der Waals surface area contributed by atoms with Crippen molar-refractivity contribution in [3.63, 3.8) is 0 Å². The molecule has 4 aromatic rings. The highest BCUT2D eigenvalue weighted by molar-refractivity contribution is 5.99. The van der Waals surface area contributed by atoms with E-state index in [1.807, 2.05) is 87.0 Å². The molecule has 1 aromatic carbocycles. The molecule has 3 N–H and O–H groups in total. The number of anilines is 2. The molecule has 45 heavy (non-hydrogen) atoms. The fraction of sp³-hybridized carbons (Fsp3) is 0.257. The van der Waals surface area contributed by atoms with Crippen LogP contribution < -0.4 is 20.9 Å². The van der Waals surface area contributed by atoms with Crippen molar-refractivity contribution in [3.8, 4) is 0 Å². The van der Waals surface area contributed by atoms with Gasteiger partial charge in [0.1, 0.15) is 5.82 Å². The predicted molar refractivity (Wildman–Crippen MR) is 177 cm³/mol. The van der Waals surface area contributed by atoms with E-state index in [4.69, 9.17) is 4.74 Å². The molecule has 0 saturated carbocycles. The van der Waals surface area contributed by atoms with Crippen molar-refractivity contribution in [3.05, 3.63) is 125 Å². The van der Waals surface area contributed by atoms with Gasteiger partial charge in [0, 0.05) is 54.8 Å². The first kappa shape index (κ1) is 31.2. The minimum atomic E-state index is -0.250. The number of aromatic nitrogens is 3. The number of carbonyl (C=O) groups is 2. The third-order valence-corrected chi connectivity index (χ3v) is 7.76. The van der Waals surface area contributed by atoms with Gasteiger partial charge in [-0.1, -0.05) is 43.0 Å². The first-order valence-corrected chi connectivity index (χ1v) is 15.0. The molecule has 232 valence electrons. The van der Waals surface area contributed by atoms with Crippen molar-refractivity contribution in [2.75, 3.05) is 36.5 Å². The Kier molecular flexibility index (Phi) is 9.74. The van der Waals surface area contributed by atoms with Crippen LogP contribution in [0, 0.1) is 6.92 Å². The van der Waals surface area contributed by atoms with Crippen LogP contribution in [0.25, 0.3) is 5.52 Å². The van der Waals surface area contributed by atoms with Gasteiger partial charge in [-0.05, 0) is 62.6 Å². The zero-order valence-electron chi connectivity index (χ0n) is 26.1. The summed E-state index contributed by atoms with van der Waals surface area (Å²) < 4.78 is 7.32. The summed E-state index contributed by atoms with van der Waals surface area (Å²) in [5.74, 6) is 0.893. The number of nitrogens with zero attached hydrogens (tertiary/aromatic N) is 4. The van der Waals surface area contributed by atoms with Gasteiger partial charge in [-0.25, -0.2) is 9.97 Å². The summed E-state index contributed by atoms with van der Waals surface area (Å²) >= 11 is 0. The summed E-state index contributed by atoms with van der Waals surface area (Å²) in [6, 6.07) is 13.2. The number of rotatable bonds is 10. The maximum atomic E-state index is 13.3. The molecule has 1 saturated heterocycles. The van der Waals surface area contributed by atoms with E-state index in [1.165, 1.54) is 0 Å². The highest BCUT2D eigenvalue weighted by Crippen LogP contribution is 2.26. The molecule has 0 radical (unpaired) electrons. The van der Waals surface area contributed by atoms with Crippen molar-refractivity contribution in [1.82, 2.24) is 25.0 Å². The predicted octanol–water partition coefficient (Wildman–Crippen LogP) is 5.57. The molecule has 0 unspecified atom stereocenters. The number of benzene rings is 1. The van der Waals surface area contributed by atoms with Gasteiger partial charge in [0.25, 0.3) is 11.8 Å². The van der Waals surface area contributed by atoms with Gasteiger partial charge < -0.3 is 30.0 Å². The van der Waals surface area contributed by atoms with Crippen LogP contribution in [0.2, 0.25) is 0 Å². The van der Waals surface area contributed by atoms with E-state index >= 15 is 0 Å². The third-order valence-electron chi connectivity index (χ3n) is 7.76. The van der Waals surface area contributed by atoms with Gasteiger partial charge in [-0.15, -0.1) is 0 Å². The average Bonchev–Trinajstić information content (AvgIpc) is 3.41. The van der Waals surface area contributed by atoms with Crippen LogP contribution in [0.5, 0.6) is 0 Å². The number of ether oxygens (including phenoxy) is 1. The second kappa shape index (κ2) is 14.0. The molecule has 1 atom stereocenters. The number of amides is 2. The number of fused-ring (bicyclic) bond motifs is 1. The summed E-state index contributed by atoms with van der Waals surface area (Å²) in [7, 11) is 0. The van der Waals surface area contributed by atoms with Gasteiger partial charge >= 0.3 is 0 Å². The summed E-state index contributed by atoms with van der Waals surface area (Å²) in [6.07, 6.45) is 10.6. The van der Waals surface area contributed by atoms with Gasteiger partial charge in [0.05, 0.1) is 30.3 Å². The Labute approximate surface area is 263 Å². The van der Waals surface area contributed by atoms with Crippen LogP contribution in [0.3, 0.4) is 0 Å². The molecule has 3 aromatic heterocycles. The molecule has 0 aliphatic carbocycles. The van der Waals surface area contributed by atoms with E-state index < -0.39 is 0 Å².